The van der Waals surface area contributed by atoms with Crippen LogP contribution in [0.2, 0.25) is 0 Å². The number of unbranched alkanes of at least 4 members (excludes halogenated alkanes) is 1. The van der Waals surface area contributed by atoms with E-state index in [1.807, 2.05) is 0 Å². The Kier molecular flexibility index (Phi) is 7.16. The third kappa shape index (κ3) is 6.14. The molecule has 1 heterocycles. The molecule has 0 aliphatic carbocycles. The summed E-state index contributed by atoms with van der Waals surface area (Å²) in [4.78, 5) is 4.80. The minimum Gasteiger partial charge on any atom is -0.392 e. The Morgan fingerprint density at radius 1 is 1.00 bits per heavy atom. The van der Waals surface area contributed by atoms with Gasteiger partial charge in [-0.3, -0.25) is 9.80 Å². The molecule has 117 valence electrons. The molecule has 1 radical (unpaired) electrons. The fourth-order valence-electron chi connectivity index (χ4n) is 2.84. The van der Waals surface area contributed by atoms with Gasteiger partial charge in [-0.25, -0.2) is 5.11 Å². The Bertz CT molecular complexity index is 378. The molecule has 0 aromatic heterocycles. The van der Waals surface area contributed by atoms with Gasteiger partial charge in [0.2, 0.25) is 0 Å². The lowest BCUT2D eigenvalue weighted by Crippen LogP contribution is -2.48. The van der Waals surface area contributed by atoms with Crippen molar-refractivity contribution < 1.29 is 10.2 Å². The van der Waals surface area contributed by atoms with Crippen LogP contribution in [0.5, 0.6) is 0 Å². The topological polar surface area (TPSA) is 46.6 Å². The zero-order chi connectivity index (χ0) is 14.9. The molecule has 1 aliphatic heterocycles. The van der Waals surface area contributed by atoms with Crippen LogP contribution in [-0.2, 0) is 11.7 Å². The predicted octanol–water partition coefficient (Wildman–Crippen LogP) is 1.77. The number of nitrogens with zero attached hydrogens (tertiary/aromatic N) is 2. The Hall–Kier alpha value is -0.940. The molecule has 0 spiro atoms. The first kappa shape index (κ1) is 16.4. The molecule has 4 nitrogen and oxygen atoms in total. The van der Waals surface area contributed by atoms with Crippen molar-refractivity contribution in [3.63, 3.8) is 0 Å². The summed E-state index contributed by atoms with van der Waals surface area (Å²) in [5.74, 6) is 0. The predicted molar refractivity (Wildman–Crippen MR) is 83.6 cm³/mol. The molecule has 21 heavy (non-hydrogen) atoms. The van der Waals surface area contributed by atoms with E-state index < -0.39 is 0 Å². The summed E-state index contributed by atoms with van der Waals surface area (Å²) in [5.41, 5.74) is 1.36. The number of hydrogen-bond donors (Lipinski definition) is 1. The van der Waals surface area contributed by atoms with E-state index in [4.69, 9.17) is 0 Å². The van der Waals surface area contributed by atoms with E-state index in [0.717, 1.165) is 52.1 Å². The summed E-state index contributed by atoms with van der Waals surface area (Å²) in [7, 11) is 0. The lowest BCUT2D eigenvalue weighted by molar-refractivity contribution is 0.0638. The maximum atomic E-state index is 10.4. The van der Waals surface area contributed by atoms with Gasteiger partial charge < -0.3 is 5.11 Å². The van der Waals surface area contributed by atoms with E-state index in [9.17, 15) is 10.2 Å². The first-order valence-electron chi connectivity index (χ1n) is 8.02. The summed E-state index contributed by atoms with van der Waals surface area (Å²) >= 11 is 0. The van der Waals surface area contributed by atoms with E-state index in [1.54, 1.807) is 0 Å². The Labute approximate surface area is 128 Å². The highest BCUT2D eigenvalue weighted by atomic mass is 16.3. The molecule has 1 unspecified atom stereocenters. The van der Waals surface area contributed by atoms with Gasteiger partial charge in [0.1, 0.15) is 0 Å². The van der Waals surface area contributed by atoms with E-state index >= 15 is 0 Å². The van der Waals surface area contributed by atoms with Gasteiger partial charge in [-0.1, -0.05) is 30.3 Å². The van der Waals surface area contributed by atoms with Crippen LogP contribution in [0.15, 0.2) is 30.3 Å². The first-order valence-corrected chi connectivity index (χ1v) is 8.02. The number of β-amino-alcohol motifs (C(OH)–C–C–N with tert-alkyl or cyclic N) is 1. The molecule has 2 rings (SSSR count). The maximum absolute atomic E-state index is 10.4. The van der Waals surface area contributed by atoms with Crippen LogP contribution in [0.3, 0.4) is 0 Å². The highest BCUT2D eigenvalue weighted by molar-refractivity contribution is 5.14. The Balaban J connectivity index is 1.64. The second-order valence-corrected chi connectivity index (χ2v) is 5.92. The molecule has 0 amide bonds. The summed E-state index contributed by atoms with van der Waals surface area (Å²) < 4.78 is 0. The van der Waals surface area contributed by atoms with Gasteiger partial charge in [-0.2, -0.15) is 0 Å². The summed E-state index contributed by atoms with van der Waals surface area (Å²) in [6.07, 6.45) is 2.00. The van der Waals surface area contributed by atoms with Crippen LogP contribution < -0.4 is 0 Å². The fourth-order valence-corrected chi connectivity index (χ4v) is 2.84. The number of rotatable bonds is 8. The van der Waals surface area contributed by atoms with Gasteiger partial charge in [0, 0.05) is 39.3 Å². The van der Waals surface area contributed by atoms with Crippen molar-refractivity contribution in [2.45, 2.75) is 31.9 Å². The largest absolute Gasteiger partial charge is 0.392 e. The minimum atomic E-state index is -0.280. The smallest absolute Gasteiger partial charge is 0.0822 e. The van der Waals surface area contributed by atoms with E-state index in [1.165, 1.54) is 5.56 Å². The third-order valence-corrected chi connectivity index (χ3v) is 4.11. The molecule has 1 saturated heterocycles. The first-order chi connectivity index (χ1) is 10.3. The van der Waals surface area contributed by atoms with E-state index in [-0.39, 0.29) is 12.7 Å². The van der Waals surface area contributed by atoms with Crippen molar-refractivity contribution in [3.8, 4) is 0 Å². The molecule has 1 aromatic rings. The number of piperazine rings is 1. The number of aliphatic hydroxyl groups is 1. The van der Waals surface area contributed by atoms with Gasteiger partial charge in [0.05, 0.1) is 12.7 Å². The molecule has 1 fully saturated rings. The van der Waals surface area contributed by atoms with Crippen LogP contribution in [0, 0.1) is 0 Å². The van der Waals surface area contributed by atoms with Crippen molar-refractivity contribution in [3.05, 3.63) is 35.9 Å². The van der Waals surface area contributed by atoms with Crippen LogP contribution in [0.1, 0.15) is 24.8 Å². The van der Waals surface area contributed by atoms with Crippen molar-refractivity contribution >= 4 is 0 Å². The number of hydrogen-bond acceptors (Lipinski definition) is 3. The molecular weight excluding hydrogens is 264 g/mol. The normalized spacial score (nSPS) is 18.8. The van der Waals surface area contributed by atoms with Crippen molar-refractivity contribution in [1.82, 2.24) is 9.80 Å². The Morgan fingerprint density at radius 2 is 1.67 bits per heavy atom. The van der Waals surface area contributed by atoms with E-state index in [2.05, 4.69) is 40.1 Å². The van der Waals surface area contributed by atoms with E-state index in [0.29, 0.717) is 6.42 Å². The zero-order valence-corrected chi connectivity index (χ0v) is 12.8. The average Bonchev–Trinajstić information content (AvgIpc) is 2.51. The fraction of sp³-hybridized carbons (Fsp3) is 0.647. The summed E-state index contributed by atoms with van der Waals surface area (Å²) in [6, 6.07) is 10.6. The lowest BCUT2D eigenvalue weighted by Gasteiger charge is -2.35. The monoisotopic (exact) mass is 291 g/mol. The third-order valence-electron chi connectivity index (χ3n) is 4.11. The van der Waals surface area contributed by atoms with Gasteiger partial charge in [0.15, 0.2) is 0 Å². The zero-order valence-electron chi connectivity index (χ0n) is 12.8. The summed E-state index contributed by atoms with van der Waals surface area (Å²) in [5, 5.41) is 20.4. The van der Waals surface area contributed by atoms with Gasteiger partial charge in [-0.15, -0.1) is 0 Å². The van der Waals surface area contributed by atoms with Crippen LogP contribution in [-0.4, -0.2) is 60.3 Å². The van der Waals surface area contributed by atoms with Crippen LogP contribution in [0.4, 0.5) is 0 Å². The number of benzene rings is 1. The highest BCUT2D eigenvalue weighted by Crippen LogP contribution is 2.10. The molecule has 1 atom stereocenters. The standard InChI is InChI=1S/C17H27N2O2/c20-13-5-4-8-17(21)15-19-11-9-18(10-12-19)14-16-6-2-1-3-7-16/h1-3,6-7,17,21H,4-5,8-15H2. The van der Waals surface area contributed by atoms with Crippen LogP contribution >= 0.6 is 0 Å². The molecule has 1 N–H and O–H groups in total. The van der Waals surface area contributed by atoms with Crippen molar-refractivity contribution in [2.75, 3.05) is 39.3 Å². The molecule has 4 heteroatoms. The highest BCUT2D eigenvalue weighted by Gasteiger charge is 2.19. The maximum Gasteiger partial charge on any atom is 0.0822 e. The van der Waals surface area contributed by atoms with Gasteiger partial charge >= 0.3 is 0 Å². The van der Waals surface area contributed by atoms with Crippen LogP contribution in [0.25, 0.3) is 0 Å². The SMILES string of the molecule is [O]CCCCC(O)CN1CCN(Cc2ccccc2)CC1. The summed E-state index contributed by atoms with van der Waals surface area (Å²) in [6.45, 7) is 5.89. The molecule has 0 bridgehead atoms. The van der Waals surface area contributed by atoms with Crippen molar-refractivity contribution in [1.29, 1.82) is 0 Å². The number of aliphatic hydroxyl groups excluding tert-OH is 1. The second-order valence-electron chi connectivity index (χ2n) is 5.92. The van der Waals surface area contributed by atoms with Gasteiger partial charge in [-0.05, 0) is 24.8 Å². The second kappa shape index (κ2) is 9.15. The molecule has 1 aliphatic rings. The van der Waals surface area contributed by atoms with Gasteiger partial charge in [0.25, 0.3) is 0 Å². The Morgan fingerprint density at radius 3 is 2.33 bits per heavy atom. The molecule has 0 saturated carbocycles. The quantitative estimate of drug-likeness (QED) is 0.743. The van der Waals surface area contributed by atoms with Crippen molar-refractivity contribution in [2.24, 2.45) is 0 Å². The average molecular weight is 291 g/mol. The lowest BCUT2D eigenvalue weighted by atomic mass is 10.1. The minimum absolute atomic E-state index is 0.0229. The molecule has 1 aromatic carbocycles. The molecular formula is C17H27N2O2.